The molecule has 136 valence electrons. The second kappa shape index (κ2) is 6.97. The van der Waals surface area contributed by atoms with Crippen molar-refractivity contribution in [1.82, 2.24) is 14.5 Å². The zero-order valence-corrected chi connectivity index (χ0v) is 16.2. The van der Waals surface area contributed by atoms with E-state index in [1.165, 1.54) is 57.1 Å². The fourth-order valence-corrected chi connectivity index (χ4v) is 5.20. The molecule has 25 heavy (non-hydrogen) atoms. The summed E-state index contributed by atoms with van der Waals surface area (Å²) in [6.45, 7) is 5.74. The number of rotatable bonds is 5. The molecule has 0 radical (unpaired) electrons. The van der Waals surface area contributed by atoms with Gasteiger partial charge in [0.2, 0.25) is 5.69 Å². The Morgan fingerprint density at radius 2 is 1.96 bits per heavy atom. The van der Waals surface area contributed by atoms with E-state index in [9.17, 15) is 0 Å². The van der Waals surface area contributed by atoms with Gasteiger partial charge in [-0.3, -0.25) is 4.68 Å². The Labute approximate surface area is 151 Å². The molecule has 0 bridgehead atoms. The van der Waals surface area contributed by atoms with E-state index in [0.717, 1.165) is 13.0 Å². The molecular formula is C21H33N4+. The van der Waals surface area contributed by atoms with Crippen LogP contribution in [0.2, 0.25) is 0 Å². The van der Waals surface area contributed by atoms with Gasteiger partial charge < -0.3 is 0 Å². The summed E-state index contributed by atoms with van der Waals surface area (Å²) in [6.07, 6.45) is 13.7. The lowest BCUT2D eigenvalue weighted by Gasteiger charge is -2.19. The summed E-state index contributed by atoms with van der Waals surface area (Å²) in [6, 6.07) is 2.88. The van der Waals surface area contributed by atoms with E-state index in [-0.39, 0.29) is 0 Å². The average molecular weight is 342 g/mol. The van der Waals surface area contributed by atoms with Crippen molar-refractivity contribution in [2.24, 2.45) is 7.05 Å². The van der Waals surface area contributed by atoms with Crippen molar-refractivity contribution in [1.29, 1.82) is 0 Å². The van der Waals surface area contributed by atoms with Gasteiger partial charge in [0, 0.05) is 29.8 Å². The first kappa shape index (κ1) is 16.9. The Balaban J connectivity index is 1.63. The summed E-state index contributed by atoms with van der Waals surface area (Å²) in [7, 11) is 2.26. The summed E-state index contributed by atoms with van der Waals surface area (Å²) in [5.74, 6) is 0.498. The summed E-state index contributed by atoms with van der Waals surface area (Å²) < 4.78 is 7.36. The van der Waals surface area contributed by atoms with Crippen molar-refractivity contribution in [3.63, 3.8) is 0 Å². The van der Waals surface area contributed by atoms with Crippen LogP contribution in [-0.2, 0) is 32.9 Å². The predicted octanol–water partition coefficient (Wildman–Crippen LogP) is 3.87. The standard InChI is InChI=1S/C21H33N4/c1-4-19-18-11-7-8-12-21(18)24(23(19)3)15-16(2)20-13-14-22-25(20)17-9-5-6-10-17/h13-14,16-17H,4-12,15H2,1-3H3/q+1. The fourth-order valence-electron chi connectivity index (χ4n) is 5.20. The van der Waals surface area contributed by atoms with Gasteiger partial charge in [-0.25, -0.2) is 0 Å². The molecule has 0 aliphatic heterocycles. The minimum atomic E-state index is 0.498. The smallest absolute Gasteiger partial charge is 0.210 e. The molecule has 4 rings (SSSR count). The first-order valence-electron chi connectivity index (χ1n) is 10.3. The molecule has 1 atom stereocenters. The molecule has 0 aromatic carbocycles. The van der Waals surface area contributed by atoms with E-state index in [1.54, 1.807) is 17.0 Å². The van der Waals surface area contributed by atoms with Crippen LogP contribution in [-0.4, -0.2) is 14.5 Å². The van der Waals surface area contributed by atoms with Gasteiger partial charge in [0.05, 0.1) is 18.3 Å². The summed E-state index contributed by atoms with van der Waals surface area (Å²) >= 11 is 0. The van der Waals surface area contributed by atoms with Gasteiger partial charge in [0.1, 0.15) is 0 Å². The lowest BCUT2D eigenvalue weighted by molar-refractivity contribution is -0.760. The molecular weight excluding hydrogens is 308 g/mol. The molecule has 0 amide bonds. The number of nitrogens with zero attached hydrogens (tertiary/aromatic N) is 4. The topological polar surface area (TPSA) is 26.6 Å². The lowest BCUT2D eigenvalue weighted by Crippen LogP contribution is -2.43. The third kappa shape index (κ3) is 2.94. The minimum absolute atomic E-state index is 0.498. The van der Waals surface area contributed by atoms with Crippen LogP contribution < -0.4 is 4.68 Å². The van der Waals surface area contributed by atoms with Gasteiger partial charge in [-0.2, -0.15) is 9.78 Å². The molecule has 0 spiro atoms. The molecule has 1 unspecified atom stereocenters. The highest BCUT2D eigenvalue weighted by Gasteiger charge is 2.30. The molecule has 2 aromatic rings. The van der Waals surface area contributed by atoms with Gasteiger partial charge in [-0.15, -0.1) is 4.68 Å². The fraction of sp³-hybridized carbons (Fsp3) is 0.714. The highest BCUT2D eigenvalue weighted by molar-refractivity contribution is 5.26. The van der Waals surface area contributed by atoms with E-state index in [4.69, 9.17) is 5.10 Å². The van der Waals surface area contributed by atoms with Crippen molar-refractivity contribution >= 4 is 0 Å². The Bertz CT molecular complexity index is 733. The highest BCUT2D eigenvalue weighted by Crippen LogP contribution is 2.32. The number of fused-ring (bicyclic) bond motifs is 1. The quantitative estimate of drug-likeness (QED) is 0.758. The molecule has 0 saturated heterocycles. The maximum Gasteiger partial charge on any atom is 0.210 e. The normalized spacial score (nSPS) is 19.3. The van der Waals surface area contributed by atoms with Crippen molar-refractivity contribution in [3.8, 4) is 0 Å². The number of aromatic nitrogens is 4. The van der Waals surface area contributed by atoms with Crippen LogP contribution in [0.3, 0.4) is 0 Å². The van der Waals surface area contributed by atoms with Gasteiger partial charge in [0.15, 0.2) is 7.05 Å². The maximum atomic E-state index is 4.69. The first-order chi connectivity index (χ1) is 12.2. The van der Waals surface area contributed by atoms with Gasteiger partial charge in [0.25, 0.3) is 0 Å². The Morgan fingerprint density at radius 1 is 1.20 bits per heavy atom. The van der Waals surface area contributed by atoms with E-state index in [1.807, 2.05) is 6.20 Å². The Morgan fingerprint density at radius 3 is 2.72 bits per heavy atom. The first-order valence-corrected chi connectivity index (χ1v) is 10.3. The van der Waals surface area contributed by atoms with E-state index in [2.05, 4.69) is 41.0 Å². The number of hydrogen-bond donors (Lipinski definition) is 0. The van der Waals surface area contributed by atoms with Crippen molar-refractivity contribution < 1.29 is 4.68 Å². The molecule has 4 nitrogen and oxygen atoms in total. The zero-order valence-electron chi connectivity index (χ0n) is 16.2. The highest BCUT2D eigenvalue weighted by atomic mass is 15.4. The van der Waals surface area contributed by atoms with Crippen LogP contribution in [0.25, 0.3) is 0 Å². The van der Waals surface area contributed by atoms with Gasteiger partial charge in [-0.05, 0) is 44.6 Å². The molecule has 1 fully saturated rings. The summed E-state index contributed by atoms with van der Waals surface area (Å²) in [5, 5.41) is 4.69. The van der Waals surface area contributed by atoms with Crippen molar-refractivity contribution in [2.75, 3.05) is 0 Å². The molecule has 1 saturated carbocycles. The molecule has 2 aliphatic rings. The van der Waals surface area contributed by atoms with Crippen LogP contribution in [0.1, 0.15) is 87.0 Å². The third-order valence-electron chi connectivity index (χ3n) is 6.51. The Kier molecular flexibility index (Phi) is 4.70. The summed E-state index contributed by atoms with van der Waals surface area (Å²) in [4.78, 5) is 0. The zero-order chi connectivity index (χ0) is 17.4. The molecule has 2 aliphatic carbocycles. The van der Waals surface area contributed by atoms with Crippen LogP contribution in [0.4, 0.5) is 0 Å². The van der Waals surface area contributed by atoms with Crippen LogP contribution in [0.5, 0.6) is 0 Å². The second-order valence-corrected chi connectivity index (χ2v) is 8.08. The van der Waals surface area contributed by atoms with Crippen LogP contribution >= 0.6 is 0 Å². The molecule has 0 N–H and O–H groups in total. The van der Waals surface area contributed by atoms with Crippen molar-refractivity contribution in [2.45, 2.75) is 90.1 Å². The summed E-state index contributed by atoms with van der Waals surface area (Å²) in [5.41, 5.74) is 6.21. The molecule has 2 heterocycles. The lowest BCUT2D eigenvalue weighted by atomic mass is 9.95. The van der Waals surface area contributed by atoms with Gasteiger partial charge in [-0.1, -0.05) is 26.7 Å². The van der Waals surface area contributed by atoms with E-state index in [0.29, 0.717) is 12.0 Å². The Hall–Kier alpha value is -1.58. The predicted molar refractivity (Wildman–Crippen MR) is 99.8 cm³/mol. The second-order valence-electron chi connectivity index (χ2n) is 8.08. The minimum Gasteiger partial charge on any atom is -0.266 e. The number of hydrogen-bond acceptors (Lipinski definition) is 1. The third-order valence-corrected chi connectivity index (χ3v) is 6.51. The van der Waals surface area contributed by atoms with Crippen LogP contribution in [0, 0.1) is 0 Å². The SMILES string of the molecule is CCc1c2c(n(CC(C)c3ccnn3C3CCCC3)[n+]1C)CCCC2. The van der Waals surface area contributed by atoms with Crippen LogP contribution in [0.15, 0.2) is 12.3 Å². The average Bonchev–Trinajstić information content (AvgIpc) is 3.34. The van der Waals surface area contributed by atoms with Gasteiger partial charge >= 0.3 is 0 Å². The molecule has 4 heteroatoms. The molecule has 2 aromatic heterocycles. The van der Waals surface area contributed by atoms with E-state index >= 15 is 0 Å². The van der Waals surface area contributed by atoms with Crippen molar-refractivity contribution in [3.05, 3.63) is 34.9 Å². The largest absolute Gasteiger partial charge is 0.266 e. The van der Waals surface area contributed by atoms with E-state index < -0.39 is 0 Å². The monoisotopic (exact) mass is 341 g/mol. The maximum absolute atomic E-state index is 4.69.